The highest BCUT2D eigenvalue weighted by molar-refractivity contribution is 6.19. The molecule has 6 heteroatoms. The van der Waals surface area contributed by atoms with Gasteiger partial charge in [0.25, 0.3) is 0 Å². The van der Waals surface area contributed by atoms with E-state index in [2.05, 4.69) is 228 Å². The predicted molar refractivity (Wildman–Crippen MR) is 319 cm³/mol. The van der Waals surface area contributed by atoms with Gasteiger partial charge >= 0.3 is 0 Å². The van der Waals surface area contributed by atoms with Gasteiger partial charge in [-0.25, -0.2) is 9.97 Å². The summed E-state index contributed by atoms with van der Waals surface area (Å²) in [6.45, 7) is 0. The highest BCUT2D eigenvalue weighted by atomic mass is 16.3. The van der Waals surface area contributed by atoms with Gasteiger partial charge in [0.1, 0.15) is 17.2 Å². The Morgan fingerprint density at radius 3 is 1.56 bits per heavy atom. The molecular formula is C73H45N5O. The van der Waals surface area contributed by atoms with Crippen LogP contribution >= 0.6 is 0 Å². The Labute approximate surface area is 455 Å². The lowest BCUT2D eigenvalue weighted by atomic mass is 9.80. The topological polar surface area (TPSA) is 70.9 Å². The molecule has 0 amide bonds. The summed E-state index contributed by atoms with van der Waals surface area (Å²) in [6, 6.07) is 86.6. The van der Waals surface area contributed by atoms with Gasteiger partial charge in [0.15, 0.2) is 11.4 Å². The average Bonchev–Trinajstić information content (AvgIpc) is 2.56. The molecule has 2 unspecified atom stereocenters. The molecule has 1 fully saturated rings. The predicted octanol–water partition coefficient (Wildman–Crippen LogP) is 18.2. The summed E-state index contributed by atoms with van der Waals surface area (Å²) >= 11 is 0. The largest absolute Gasteiger partial charge is 0.454 e. The molecule has 0 bridgehead atoms. The fourth-order valence-electron chi connectivity index (χ4n) is 13.8. The minimum absolute atomic E-state index is 0.0320. The Morgan fingerprint density at radius 2 is 1.01 bits per heavy atom. The van der Waals surface area contributed by atoms with Crippen molar-refractivity contribution >= 4 is 55.1 Å². The lowest BCUT2D eigenvalue weighted by Gasteiger charge is -2.36. The van der Waals surface area contributed by atoms with Crippen molar-refractivity contribution in [3.8, 4) is 79.0 Å². The molecule has 13 aromatic rings. The number of hydrogen-bond donors (Lipinski definition) is 0. The molecule has 0 radical (unpaired) electrons. The maximum Gasteiger partial charge on any atom is 0.164 e. The van der Waals surface area contributed by atoms with E-state index in [4.69, 9.17) is 14.4 Å². The first-order chi connectivity index (χ1) is 39.1. The monoisotopic (exact) mass is 1010 g/mol. The zero-order valence-corrected chi connectivity index (χ0v) is 42.7. The number of aromatic nitrogens is 3. The third-order valence-electron chi connectivity index (χ3n) is 17.5. The molecule has 79 heavy (non-hydrogen) atoms. The van der Waals surface area contributed by atoms with Crippen LogP contribution in [0.2, 0.25) is 0 Å². The van der Waals surface area contributed by atoms with E-state index in [1.165, 1.54) is 33.5 Å². The van der Waals surface area contributed by atoms with Gasteiger partial charge in [0.2, 0.25) is 0 Å². The van der Waals surface area contributed by atoms with E-state index in [1.54, 1.807) is 0 Å². The number of allylic oxidation sites excluding steroid dienone is 1. The summed E-state index contributed by atoms with van der Waals surface area (Å²) in [6.07, 6.45) is 6.00. The molecule has 3 aromatic heterocycles. The maximum atomic E-state index is 11.9. The fraction of sp³-hybridized carbons (Fsp3) is 0.0548. The second kappa shape index (κ2) is 16.6. The second-order valence-corrected chi connectivity index (χ2v) is 21.5. The number of nitriles is 1. The molecule has 4 aliphatic rings. The minimum Gasteiger partial charge on any atom is -0.454 e. The Kier molecular flexibility index (Phi) is 9.20. The van der Waals surface area contributed by atoms with Gasteiger partial charge in [0, 0.05) is 44.3 Å². The number of para-hydroxylation sites is 1. The summed E-state index contributed by atoms with van der Waals surface area (Å²) in [5, 5.41) is 15.9. The number of nitrogens with zero attached hydrogens (tertiary/aromatic N) is 5. The van der Waals surface area contributed by atoms with E-state index < -0.39 is 0 Å². The molecule has 1 spiro atoms. The lowest BCUT2D eigenvalue weighted by molar-refractivity contribution is 0.431. The summed E-state index contributed by atoms with van der Waals surface area (Å²) in [5.41, 5.74) is 22.1. The number of hydrogen-bond acceptors (Lipinski definition) is 5. The number of rotatable bonds is 8. The minimum atomic E-state index is -0.0320. The SMILES string of the molecule is N#Cc1c(-n2c3ccc(-c4ccccc4)cc3c3cc(-c4ccccc4)ccc32)cc(N2c3ccc(-c4ccccc4)cc3C3C=C4C5=CCC54[C@@H]32)c2c1oc1c(-c3nc(-c4ccccc4)cc(-c4ccccc4)n3)cccc12. The summed E-state index contributed by atoms with van der Waals surface area (Å²) in [4.78, 5) is 13.3. The summed E-state index contributed by atoms with van der Waals surface area (Å²) in [7, 11) is 0. The van der Waals surface area contributed by atoms with Crippen LogP contribution < -0.4 is 4.90 Å². The smallest absolute Gasteiger partial charge is 0.164 e. The molecule has 368 valence electrons. The third kappa shape index (κ3) is 6.33. The molecule has 3 atom stereocenters. The molecule has 3 aliphatic carbocycles. The lowest BCUT2D eigenvalue weighted by Crippen LogP contribution is -2.38. The summed E-state index contributed by atoms with van der Waals surface area (Å²) in [5.74, 6) is 0.710. The van der Waals surface area contributed by atoms with Crippen molar-refractivity contribution in [3.05, 3.63) is 271 Å². The van der Waals surface area contributed by atoms with Crippen molar-refractivity contribution in [2.24, 2.45) is 5.41 Å². The van der Waals surface area contributed by atoms with Crippen molar-refractivity contribution in [1.29, 1.82) is 5.26 Å². The Bertz CT molecular complexity index is 4670. The van der Waals surface area contributed by atoms with Gasteiger partial charge in [-0.2, -0.15) is 5.26 Å². The fourth-order valence-corrected chi connectivity index (χ4v) is 13.8. The van der Waals surface area contributed by atoms with Crippen LogP contribution in [0.25, 0.3) is 117 Å². The van der Waals surface area contributed by atoms with E-state index in [0.717, 1.165) is 101 Å². The van der Waals surface area contributed by atoms with Crippen molar-refractivity contribution in [2.75, 3.05) is 4.90 Å². The van der Waals surface area contributed by atoms with Gasteiger partial charge in [-0.3, -0.25) is 0 Å². The van der Waals surface area contributed by atoms with Crippen LogP contribution in [-0.4, -0.2) is 20.6 Å². The van der Waals surface area contributed by atoms with Gasteiger partial charge in [-0.15, -0.1) is 0 Å². The Morgan fingerprint density at radius 1 is 0.468 bits per heavy atom. The van der Waals surface area contributed by atoms with Crippen LogP contribution in [0.1, 0.15) is 23.5 Å². The summed E-state index contributed by atoms with van der Waals surface area (Å²) < 4.78 is 9.79. The molecule has 17 rings (SSSR count). The first-order valence-electron chi connectivity index (χ1n) is 27.2. The zero-order valence-electron chi connectivity index (χ0n) is 42.7. The van der Waals surface area contributed by atoms with Gasteiger partial charge in [0.05, 0.1) is 50.8 Å². The number of benzene rings is 10. The highest BCUT2D eigenvalue weighted by Crippen LogP contribution is 2.79. The molecule has 6 nitrogen and oxygen atoms in total. The van der Waals surface area contributed by atoms with Crippen LogP contribution in [0.5, 0.6) is 0 Å². The van der Waals surface area contributed by atoms with Gasteiger partial charge < -0.3 is 13.9 Å². The van der Waals surface area contributed by atoms with E-state index in [9.17, 15) is 5.26 Å². The number of fused-ring (bicyclic) bond motifs is 10. The number of anilines is 2. The van der Waals surface area contributed by atoms with E-state index in [-0.39, 0.29) is 17.4 Å². The van der Waals surface area contributed by atoms with Crippen LogP contribution in [0.15, 0.2) is 264 Å². The van der Waals surface area contributed by atoms with Crippen molar-refractivity contribution < 1.29 is 4.42 Å². The average molecular weight is 1010 g/mol. The molecule has 0 saturated heterocycles. The normalized spacial score (nSPS) is 17.5. The van der Waals surface area contributed by atoms with Crippen molar-refractivity contribution in [3.63, 3.8) is 0 Å². The maximum absolute atomic E-state index is 11.9. The van der Waals surface area contributed by atoms with Gasteiger partial charge in [-0.05, 0) is 111 Å². The number of furan rings is 1. The van der Waals surface area contributed by atoms with Crippen LogP contribution in [0, 0.1) is 16.7 Å². The third-order valence-corrected chi connectivity index (χ3v) is 17.5. The standard InChI is InChI=1S/C73H45N5O/c74-43-58-66(77-63-32-29-49(44-17-6-1-7-18-44)37-54(63)55-38-50(30-33-64(55)77)45-19-8-2-9-20-45)42-67(78-65-34-31-51(46-21-10-3-11-22-46)39-56(65)57-40-60-59-35-36-73(59,60)71(57)78)68-52-27-16-28-53(69(52)79-70(58)68)72-75-61(47-23-12-4-13-24-47)41-62(76-72)48-25-14-5-15-26-48/h1-35,37-42,57,71H,36H2/t57?,71-,73?/m1/s1. The molecule has 0 N–H and O–H groups in total. The molecule has 1 saturated carbocycles. The Balaban J connectivity index is 0.970. The van der Waals surface area contributed by atoms with Gasteiger partial charge in [-0.1, -0.05) is 194 Å². The van der Waals surface area contributed by atoms with Crippen LogP contribution in [-0.2, 0) is 0 Å². The molecular weight excluding hydrogens is 963 g/mol. The molecule has 4 heterocycles. The second-order valence-electron chi connectivity index (χ2n) is 21.5. The first-order valence-corrected chi connectivity index (χ1v) is 27.2. The first kappa shape index (κ1) is 43.8. The Hall–Kier alpha value is -10.4. The zero-order chi connectivity index (χ0) is 51.9. The van der Waals surface area contributed by atoms with E-state index >= 15 is 0 Å². The van der Waals surface area contributed by atoms with Crippen molar-refractivity contribution in [2.45, 2.75) is 18.4 Å². The van der Waals surface area contributed by atoms with Crippen LogP contribution in [0.3, 0.4) is 0 Å². The quantitative estimate of drug-likeness (QED) is 0.152. The van der Waals surface area contributed by atoms with Crippen LogP contribution in [0.4, 0.5) is 11.4 Å². The highest BCUT2D eigenvalue weighted by Gasteiger charge is 2.72. The van der Waals surface area contributed by atoms with Crippen molar-refractivity contribution in [1.82, 2.24) is 14.5 Å². The molecule has 10 aromatic carbocycles. The van der Waals surface area contributed by atoms with E-state index in [0.29, 0.717) is 22.6 Å². The molecule has 1 aliphatic heterocycles. The van der Waals surface area contributed by atoms with E-state index in [1.807, 2.05) is 36.4 Å².